The number of fused-ring (bicyclic) bond motifs is 4. The third-order valence-corrected chi connectivity index (χ3v) is 11.2. The molecule has 0 saturated heterocycles. The van der Waals surface area contributed by atoms with Crippen LogP contribution in [-0.4, -0.2) is 6.71 Å². The summed E-state index contributed by atoms with van der Waals surface area (Å²) in [6.07, 6.45) is 0. The molecule has 4 heteroatoms. The highest BCUT2D eigenvalue weighted by molar-refractivity contribution is 7.00. The molecule has 52 heavy (non-hydrogen) atoms. The summed E-state index contributed by atoms with van der Waals surface area (Å²) in [5.74, 6) is 1.42. The van der Waals surface area contributed by atoms with Crippen molar-refractivity contribution in [3.05, 3.63) is 149 Å². The molecule has 2 aliphatic rings. The molecule has 0 bridgehead atoms. The Labute approximate surface area is 310 Å². The average molecular weight is 683 g/mol. The average Bonchev–Trinajstić information content (AvgIpc) is 3.14. The van der Waals surface area contributed by atoms with E-state index in [4.69, 9.17) is 0 Å². The lowest BCUT2D eigenvalue weighted by molar-refractivity contribution is 0.628. The number of anilines is 6. The van der Waals surface area contributed by atoms with Gasteiger partial charge in [0, 0.05) is 34.1 Å². The molecule has 2 aliphatic heterocycles. The highest BCUT2D eigenvalue weighted by Gasteiger charge is 2.44. The topological polar surface area (TPSA) is 6.48 Å². The number of hydrogen-bond acceptors (Lipinski definition) is 2. The van der Waals surface area contributed by atoms with Gasteiger partial charge in [-0.3, -0.25) is 0 Å². The molecule has 2 nitrogen and oxygen atoms in total. The van der Waals surface area contributed by atoms with Gasteiger partial charge in [-0.1, -0.05) is 116 Å². The summed E-state index contributed by atoms with van der Waals surface area (Å²) in [4.78, 5) is 4.91. The fourth-order valence-electron chi connectivity index (χ4n) is 8.17. The van der Waals surface area contributed by atoms with E-state index in [9.17, 15) is 4.39 Å². The molecule has 6 aromatic carbocycles. The van der Waals surface area contributed by atoms with Crippen molar-refractivity contribution in [2.24, 2.45) is 0 Å². The fraction of sp³-hybridized carbons (Fsp3) is 0.250. The molecule has 0 N–H and O–H groups in total. The van der Waals surface area contributed by atoms with Crippen LogP contribution in [0, 0.1) is 5.82 Å². The third-order valence-electron chi connectivity index (χ3n) is 11.2. The molecule has 0 saturated carbocycles. The van der Waals surface area contributed by atoms with Gasteiger partial charge in [0.15, 0.2) is 0 Å². The van der Waals surface area contributed by atoms with E-state index in [2.05, 4.69) is 162 Å². The minimum Gasteiger partial charge on any atom is -0.311 e. The SMILES string of the molecule is CC(C)c1ccc(N2c3ccc(C(C)C)cc3B3c4cc(C(C)C)ccc4N(c4ccc(C(C)C)cc4)c4cc(-c5cccc(F)c5)cc2c43)cc1. The van der Waals surface area contributed by atoms with Crippen molar-refractivity contribution in [3.63, 3.8) is 0 Å². The van der Waals surface area contributed by atoms with Gasteiger partial charge in [0.05, 0.1) is 0 Å². The number of nitrogens with zero attached hydrogens (tertiary/aromatic N) is 2. The molecule has 260 valence electrons. The molecule has 0 aliphatic carbocycles. The van der Waals surface area contributed by atoms with Gasteiger partial charge in [0.1, 0.15) is 5.82 Å². The molecule has 0 unspecified atom stereocenters. The predicted molar refractivity (Wildman–Crippen MR) is 222 cm³/mol. The Balaban J connectivity index is 1.49. The first kappa shape index (κ1) is 34.0. The molecule has 0 aromatic heterocycles. The predicted octanol–water partition coefficient (Wildman–Crippen LogP) is 12.1. The van der Waals surface area contributed by atoms with E-state index >= 15 is 0 Å². The van der Waals surface area contributed by atoms with E-state index in [0.717, 1.165) is 33.9 Å². The Morgan fingerprint density at radius 3 is 1.25 bits per heavy atom. The summed E-state index contributed by atoms with van der Waals surface area (Å²) in [5, 5.41) is 0. The lowest BCUT2D eigenvalue weighted by Crippen LogP contribution is -2.61. The Morgan fingerprint density at radius 1 is 0.423 bits per heavy atom. The minimum absolute atomic E-state index is 0.0198. The van der Waals surface area contributed by atoms with E-state index in [1.54, 1.807) is 6.07 Å². The Morgan fingerprint density at radius 2 is 0.846 bits per heavy atom. The zero-order chi connectivity index (χ0) is 36.4. The fourth-order valence-corrected chi connectivity index (χ4v) is 8.17. The van der Waals surface area contributed by atoms with Crippen LogP contribution in [0.1, 0.15) is 101 Å². The van der Waals surface area contributed by atoms with Crippen molar-refractivity contribution in [2.45, 2.75) is 79.1 Å². The quantitative estimate of drug-likeness (QED) is 0.154. The van der Waals surface area contributed by atoms with Crippen LogP contribution >= 0.6 is 0 Å². The van der Waals surface area contributed by atoms with Crippen molar-refractivity contribution in [2.75, 3.05) is 9.80 Å². The summed E-state index contributed by atoms with van der Waals surface area (Å²) >= 11 is 0. The Kier molecular flexibility index (Phi) is 8.61. The normalized spacial score (nSPS) is 13.3. The van der Waals surface area contributed by atoms with E-state index in [1.165, 1.54) is 56.1 Å². The summed E-state index contributed by atoms with van der Waals surface area (Å²) in [6, 6.07) is 44.0. The molecule has 0 spiro atoms. The largest absolute Gasteiger partial charge is 0.311 e. The first-order chi connectivity index (χ1) is 25.0. The summed E-state index contributed by atoms with van der Waals surface area (Å²) < 4.78 is 14.9. The lowest BCUT2D eigenvalue weighted by Gasteiger charge is -2.45. The van der Waals surface area contributed by atoms with Crippen LogP contribution in [0.4, 0.5) is 38.5 Å². The molecule has 0 amide bonds. The number of rotatable bonds is 7. The maximum absolute atomic E-state index is 14.9. The van der Waals surface area contributed by atoms with Crippen molar-refractivity contribution in [3.8, 4) is 11.1 Å². The first-order valence-corrected chi connectivity index (χ1v) is 19.0. The summed E-state index contributed by atoms with van der Waals surface area (Å²) in [7, 11) is 0. The van der Waals surface area contributed by atoms with Gasteiger partial charge in [0.2, 0.25) is 0 Å². The van der Waals surface area contributed by atoms with Gasteiger partial charge < -0.3 is 9.80 Å². The molecular weight excluding hydrogens is 634 g/mol. The Bertz CT molecular complexity index is 2150. The van der Waals surface area contributed by atoms with Crippen molar-refractivity contribution in [1.82, 2.24) is 0 Å². The second-order valence-electron chi connectivity index (χ2n) is 16.0. The maximum atomic E-state index is 14.9. The molecule has 8 rings (SSSR count). The van der Waals surface area contributed by atoms with Gasteiger partial charge in [-0.15, -0.1) is 0 Å². The van der Waals surface area contributed by atoms with Crippen molar-refractivity contribution in [1.29, 1.82) is 0 Å². The number of halogens is 1. The number of benzene rings is 6. The van der Waals surface area contributed by atoms with Crippen LogP contribution in [0.2, 0.25) is 0 Å². The van der Waals surface area contributed by atoms with Gasteiger partial charge in [-0.05, 0) is 134 Å². The monoisotopic (exact) mass is 682 g/mol. The van der Waals surface area contributed by atoms with Crippen LogP contribution in [0.3, 0.4) is 0 Å². The van der Waals surface area contributed by atoms with Gasteiger partial charge in [-0.2, -0.15) is 0 Å². The molecular formula is C48H48BFN2. The Hall–Kier alpha value is -5.09. The van der Waals surface area contributed by atoms with Crippen LogP contribution in [0.5, 0.6) is 0 Å². The van der Waals surface area contributed by atoms with E-state index in [-0.39, 0.29) is 12.5 Å². The van der Waals surface area contributed by atoms with Crippen LogP contribution in [0.25, 0.3) is 11.1 Å². The van der Waals surface area contributed by atoms with Crippen LogP contribution < -0.4 is 26.2 Å². The van der Waals surface area contributed by atoms with Crippen LogP contribution in [-0.2, 0) is 0 Å². The van der Waals surface area contributed by atoms with Gasteiger partial charge >= 0.3 is 0 Å². The van der Waals surface area contributed by atoms with Crippen LogP contribution in [0.15, 0.2) is 121 Å². The first-order valence-electron chi connectivity index (χ1n) is 19.0. The second-order valence-corrected chi connectivity index (χ2v) is 16.0. The number of hydrogen-bond donors (Lipinski definition) is 0. The lowest BCUT2D eigenvalue weighted by atomic mass is 9.33. The highest BCUT2D eigenvalue weighted by atomic mass is 19.1. The standard InChI is InChI=1S/C48H48BFN2/c1-29(2)33-12-18-40(19-13-33)51-44-22-16-35(31(5)6)25-42(44)49-43-26-36(32(7)8)17-23-45(43)52(41-20-14-34(15-21-41)30(3)4)47-28-38(27-46(51)48(47)49)37-10-9-11-39(50)24-37/h9-32H,1-8H3. The van der Waals surface area contributed by atoms with Gasteiger partial charge in [0.25, 0.3) is 6.71 Å². The summed E-state index contributed by atoms with van der Waals surface area (Å²) in [6.45, 7) is 18.1. The second kappa shape index (κ2) is 13.2. The molecule has 6 aromatic rings. The molecule has 0 fully saturated rings. The minimum atomic E-state index is -0.234. The highest BCUT2D eigenvalue weighted by Crippen LogP contribution is 2.46. The van der Waals surface area contributed by atoms with Crippen molar-refractivity contribution >= 4 is 57.2 Å². The van der Waals surface area contributed by atoms with E-state index in [1.807, 2.05) is 12.1 Å². The van der Waals surface area contributed by atoms with Gasteiger partial charge in [-0.25, -0.2) is 4.39 Å². The molecule has 0 atom stereocenters. The summed E-state index contributed by atoms with van der Waals surface area (Å²) in [5.41, 5.74) is 18.0. The zero-order valence-electron chi connectivity index (χ0n) is 31.7. The third kappa shape index (κ3) is 5.73. The van der Waals surface area contributed by atoms with Crippen molar-refractivity contribution < 1.29 is 4.39 Å². The molecule has 2 heterocycles. The zero-order valence-corrected chi connectivity index (χ0v) is 31.7. The van der Waals surface area contributed by atoms with E-state index in [0.29, 0.717) is 23.7 Å². The molecule has 0 radical (unpaired) electrons. The van der Waals surface area contributed by atoms with E-state index < -0.39 is 0 Å². The smallest absolute Gasteiger partial charge is 0.252 e. The maximum Gasteiger partial charge on any atom is 0.252 e.